The van der Waals surface area contributed by atoms with Crippen molar-refractivity contribution in [2.75, 3.05) is 13.2 Å². The summed E-state index contributed by atoms with van der Waals surface area (Å²) in [5, 5.41) is 2.85. The SMILES string of the molecule is CCOC(=O)C(CNC(=O)C(C)C(N)c1ccccc1)c1ccccc1. The van der Waals surface area contributed by atoms with Gasteiger partial charge in [0.25, 0.3) is 0 Å². The highest BCUT2D eigenvalue weighted by molar-refractivity contribution is 5.82. The summed E-state index contributed by atoms with van der Waals surface area (Å²) in [4.78, 5) is 24.8. The second-order valence-corrected chi connectivity index (χ2v) is 6.19. The van der Waals surface area contributed by atoms with E-state index in [2.05, 4.69) is 5.32 Å². The van der Waals surface area contributed by atoms with Crippen LogP contribution in [0.1, 0.15) is 36.9 Å². The Labute approximate surface area is 154 Å². The molecule has 5 heteroatoms. The summed E-state index contributed by atoms with van der Waals surface area (Å²) in [5.41, 5.74) is 7.93. The van der Waals surface area contributed by atoms with Crippen molar-refractivity contribution in [1.29, 1.82) is 0 Å². The summed E-state index contributed by atoms with van der Waals surface area (Å²) in [6.07, 6.45) is 0. The maximum atomic E-state index is 12.5. The molecular formula is C21H26N2O3. The third-order valence-corrected chi connectivity index (χ3v) is 4.39. The number of nitrogens with one attached hydrogen (secondary N) is 1. The van der Waals surface area contributed by atoms with Crippen LogP contribution in [0.15, 0.2) is 60.7 Å². The van der Waals surface area contributed by atoms with E-state index in [1.165, 1.54) is 0 Å². The van der Waals surface area contributed by atoms with E-state index in [4.69, 9.17) is 10.5 Å². The molecule has 0 bridgehead atoms. The van der Waals surface area contributed by atoms with Crippen LogP contribution in [-0.4, -0.2) is 25.0 Å². The van der Waals surface area contributed by atoms with Gasteiger partial charge in [-0.05, 0) is 18.1 Å². The number of benzene rings is 2. The molecule has 0 radical (unpaired) electrons. The molecule has 0 heterocycles. The molecule has 3 N–H and O–H groups in total. The van der Waals surface area contributed by atoms with E-state index in [0.717, 1.165) is 11.1 Å². The van der Waals surface area contributed by atoms with Crippen molar-refractivity contribution in [2.45, 2.75) is 25.8 Å². The Morgan fingerprint density at radius 3 is 2.08 bits per heavy atom. The van der Waals surface area contributed by atoms with Gasteiger partial charge in [-0.15, -0.1) is 0 Å². The molecule has 0 saturated heterocycles. The number of rotatable bonds is 8. The maximum Gasteiger partial charge on any atom is 0.315 e. The van der Waals surface area contributed by atoms with Gasteiger partial charge in [0.15, 0.2) is 0 Å². The second-order valence-electron chi connectivity index (χ2n) is 6.19. The highest BCUT2D eigenvalue weighted by Gasteiger charge is 2.26. The summed E-state index contributed by atoms with van der Waals surface area (Å²) in [5.74, 6) is -1.50. The van der Waals surface area contributed by atoms with Crippen LogP contribution in [0, 0.1) is 5.92 Å². The zero-order chi connectivity index (χ0) is 18.9. The van der Waals surface area contributed by atoms with Crippen LogP contribution in [0.5, 0.6) is 0 Å². The summed E-state index contributed by atoms with van der Waals surface area (Å²) < 4.78 is 5.15. The highest BCUT2D eigenvalue weighted by Crippen LogP contribution is 2.20. The van der Waals surface area contributed by atoms with Crippen molar-refractivity contribution in [3.8, 4) is 0 Å². The zero-order valence-electron chi connectivity index (χ0n) is 15.2. The number of hydrogen-bond acceptors (Lipinski definition) is 4. The standard InChI is InChI=1S/C21H26N2O3/c1-3-26-21(25)18(16-10-6-4-7-11-16)14-23-20(24)15(2)19(22)17-12-8-5-9-13-17/h4-13,15,18-19H,3,14,22H2,1-2H3,(H,23,24). The van der Waals surface area contributed by atoms with Gasteiger partial charge in [0.2, 0.25) is 5.91 Å². The monoisotopic (exact) mass is 354 g/mol. The van der Waals surface area contributed by atoms with Gasteiger partial charge in [-0.3, -0.25) is 9.59 Å². The number of amides is 1. The Morgan fingerprint density at radius 2 is 1.54 bits per heavy atom. The summed E-state index contributed by atoms with van der Waals surface area (Å²) >= 11 is 0. The van der Waals surface area contributed by atoms with E-state index in [-0.39, 0.29) is 18.4 Å². The molecule has 5 nitrogen and oxygen atoms in total. The van der Waals surface area contributed by atoms with Gasteiger partial charge < -0.3 is 15.8 Å². The van der Waals surface area contributed by atoms with Gasteiger partial charge in [-0.2, -0.15) is 0 Å². The molecule has 2 rings (SSSR count). The summed E-state index contributed by atoms with van der Waals surface area (Å²) in [6.45, 7) is 4.02. The lowest BCUT2D eigenvalue weighted by Gasteiger charge is -2.22. The second kappa shape index (κ2) is 9.73. The molecule has 2 aromatic carbocycles. The van der Waals surface area contributed by atoms with Gasteiger partial charge >= 0.3 is 5.97 Å². The van der Waals surface area contributed by atoms with Gasteiger partial charge in [-0.25, -0.2) is 0 Å². The zero-order valence-corrected chi connectivity index (χ0v) is 15.2. The minimum Gasteiger partial charge on any atom is -0.465 e. The first-order valence-electron chi connectivity index (χ1n) is 8.84. The predicted molar refractivity (Wildman–Crippen MR) is 101 cm³/mol. The van der Waals surface area contributed by atoms with Gasteiger partial charge in [-0.1, -0.05) is 67.6 Å². The first-order valence-corrected chi connectivity index (χ1v) is 8.84. The van der Waals surface area contributed by atoms with Gasteiger partial charge in [0.05, 0.1) is 18.4 Å². The molecule has 0 saturated carbocycles. The van der Waals surface area contributed by atoms with E-state index < -0.39 is 17.9 Å². The molecule has 0 aliphatic heterocycles. The normalized spacial score (nSPS) is 14.1. The number of carbonyl (C=O) groups excluding carboxylic acids is 2. The highest BCUT2D eigenvalue weighted by atomic mass is 16.5. The van der Waals surface area contributed by atoms with Crippen LogP contribution in [0.3, 0.4) is 0 Å². The molecular weight excluding hydrogens is 328 g/mol. The van der Waals surface area contributed by atoms with Crippen molar-refractivity contribution in [3.63, 3.8) is 0 Å². The molecule has 3 unspecified atom stereocenters. The van der Waals surface area contributed by atoms with Crippen LogP contribution in [0.2, 0.25) is 0 Å². The van der Waals surface area contributed by atoms with Crippen LogP contribution < -0.4 is 11.1 Å². The Bertz CT molecular complexity index is 704. The molecule has 138 valence electrons. The smallest absolute Gasteiger partial charge is 0.315 e. The molecule has 0 spiro atoms. The number of carbonyl (C=O) groups is 2. The average molecular weight is 354 g/mol. The number of nitrogens with two attached hydrogens (primary N) is 1. The fourth-order valence-electron chi connectivity index (χ4n) is 2.76. The van der Waals surface area contributed by atoms with Crippen LogP contribution in [0.4, 0.5) is 0 Å². The molecule has 0 aromatic heterocycles. The molecule has 2 aromatic rings. The Balaban J connectivity index is 2.03. The quantitative estimate of drug-likeness (QED) is 0.714. The van der Waals surface area contributed by atoms with Crippen molar-refractivity contribution < 1.29 is 14.3 Å². The summed E-state index contributed by atoms with van der Waals surface area (Å²) in [6, 6.07) is 18.4. The molecule has 1 amide bonds. The third-order valence-electron chi connectivity index (χ3n) is 4.39. The minimum atomic E-state index is -0.541. The first-order chi connectivity index (χ1) is 12.5. The van der Waals surface area contributed by atoms with Crippen LogP contribution in [-0.2, 0) is 14.3 Å². The molecule has 26 heavy (non-hydrogen) atoms. The maximum absolute atomic E-state index is 12.5. The number of esters is 1. The van der Waals surface area contributed by atoms with Gasteiger partial charge in [0, 0.05) is 12.6 Å². The van der Waals surface area contributed by atoms with Crippen molar-refractivity contribution in [1.82, 2.24) is 5.32 Å². The lowest BCUT2D eigenvalue weighted by Crippen LogP contribution is -2.39. The van der Waals surface area contributed by atoms with E-state index in [9.17, 15) is 9.59 Å². The Hall–Kier alpha value is -2.66. The number of ether oxygens (including phenoxy) is 1. The van der Waals surface area contributed by atoms with E-state index >= 15 is 0 Å². The fraction of sp³-hybridized carbons (Fsp3) is 0.333. The van der Waals surface area contributed by atoms with Crippen molar-refractivity contribution in [2.24, 2.45) is 11.7 Å². The molecule has 0 aliphatic rings. The van der Waals surface area contributed by atoms with Crippen LogP contribution in [0.25, 0.3) is 0 Å². The van der Waals surface area contributed by atoms with E-state index in [1.807, 2.05) is 60.7 Å². The van der Waals surface area contributed by atoms with E-state index in [0.29, 0.717) is 6.61 Å². The lowest BCUT2D eigenvalue weighted by atomic mass is 9.94. The first kappa shape index (κ1) is 19.7. The summed E-state index contributed by atoms with van der Waals surface area (Å²) in [7, 11) is 0. The minimum absolute atomic E-state index is 0.174. The van der Waals surface area contributed by atoms with Crippen molar-refractivity contribution >= 4 is 11.9 Å². The van der Waals surface area contributed by atoms with Gasteiger partial charge in [0.1, 0.15) is 0 Å². The fourth-order valence-corrected chi connectivity index (χ4v) is 2.76. The average Bonchev–Trinajstić information content (AvgIpc) is 2.68. The topological polar surface area (TPSA) is 81.4 Å². The van der Waals surface area contributed by atoms with E-state index in [1.54, 1.807) is 13.8 Å². The predicted octanol–water partition coefficient (Wildman–Crippen LogP) is 2.79. The third kappa shape index (κ3) is 5.17. The lowest BCUT2D eigenvalue weighted by molar-refractivity contribution is -0.144. The number of hydrogen-bond donors (Lipinski definition) is 2. The van der Waals surface area contributed by atoms with Crippen molar-refractivity contribution in [3.05, 3.63) is 71.8 Å². The van der Waals surface area contributed by atoms with Crippen LogP contribution >= 0.6 is 0 Å². The molecule has 0 aliphatic carbocycles. The molecule has 3 atom stereocenters. The largest absolute Gasteiger partial charge is 0.465 e. The Morgan fingerprint density at radius 1 is 1.00 bits per heavy atom. The Kier molecular flexibility index (Phi) is 7.36. The molecule has 0 fully saturated rings.